The zero-order valence-corrected chi connectivity index (χ0v) is 14.7. The molecule has 9 heteroatoms. The predicted octanol–water partition coefficient (Wildman–Crippen LogP) is 3.15. The van der Waals surface area contributed by atoms with Crippen molar-refractivity contribution in [3.05, 3.63) is 35.4 Å². The molecular weight excluding hydrogens is 345 g/mol. The summed E-state index contributed by atoms with van der Waals surface area (Å²) in [5.74, 6) is -0.100. The molecule has 2 unspecified atom stereocenters. The van der Waals surface area contributed by atoms with Gasteiger partial charge in [-0.05, 0) is 45.5 Å². The van der Waals surface area contributed by atoms with Gasteiger partial charge in [-0.15, -0.1) is 0 Å². The zero-order chi connectivity index (χ0) is 18.5. The second-order valence-corrected chi connectivity index (χ2v) is 7.47. The molecule has 0 aliphatic heterocycles. The van der Waals surface area contributed by atoms with Gasteiger partial charge in [-0.3, -0.25) is 0 Å². The minimum Gasteiger partial charge on any atom is -0.444 e. The summed E-state index contributed by atoms with van der Waals surface area (Å²) in [5.41, 5.74) is -1.41. The number of carbonyl (C=O) groups excluding carboxylic acids is 1. The lowest BCUT2D eigenvalue weighted by Gasteiger charge is -2.24. The molecule has 2 atom stereocenters. The normalized spacial score (nSPS) is 14.8. The van der Waals surface area contributed by atoms with Crippen LogP contribution >= 0.6 is 0 Å². The summed E-state index contributed by atoms with van der Waals surface area (Å²) >= 11 is 0. The number of alkyl carbamates (subject to hydrolysis) is 1. The van der Waals surface area contributed by atoms with Crippen molar-refractivity contribution < 1.29 is 26.9 Å². The molecular formula is C15H21F3N2O3S. The van der Waals surface area contributed by atoms with Gasteiger partial charge in [0.25, 0.3) is 0 Å². The first-order valence-electron chi connectivity index (χ1n) is 7.15. The first-order valence-corrected chi connectivity index (χ1v) is 8.46. The topological polar surface area (TPSA) is 67.4 Å². The van der Waals surface area contributed by atoms with Gasteiger partial charge in [0.1, 0.15) is 5.60 Å². The molecule has 136 valence electrons. The number of carbonyl (C=O) groups is 1. The molecule has 5 nitrogen and oxygen atoms in total. The van der Waals surface area contributed by atoms with E-state index in [-0.39, 0.29) is 11.3 Å². The third kappa shape index (κ3) is 6.88. The largest absolute Gasteiger partial charge is 0.444 e. The number of hydrogen-bond donors (Lipinski definition) is 2. The highest BCUT2D eigenvalue weighted by molar-refractivity contribution is 7.83. The van der Waals surface area contributed by atoms with Crippen LogP contribution in [0.3, 0.4) is 0 Å². The third-order valence-corrected chi connectivity index (χ3v) is 3.94. The van der Waals surface area contributed by atoms with Crippen LogP contribution in [0.4, 0.5) is 18.0 Å². The molecule has 0 aromatic heterocycles. The number of alkyl halides is 3. The molecule has 0 bridgehead atoms. The van der Waals surface area contributed by atoms with E-state index in [2.05, 4.69) is 10.0 Å². The van der Waals surface area contributed by atoms with Gasteiger partial charge in [0.2, 0.25) is 0 Å². The van der Waals surface area contributed by atoms with E-state index < -0.39 is 40.5 Å². The Morgan fingerprint density at radius 2 is 1.92 bits per heavy atom. The minimum atomic E-state index is -4.51. The van der Waals surface area contributed by atoms with Gasteiger partial charge >= 0.3 is 12.3 Å². The molecule has 0 spiro atoms. The first-order chi connectivity index (χ1) is 10.9. The fraction of sp³-hybridized carbons (Fsp3) is 0.533. The number of hydrogen-bond acceptors (Lipinski definition) is 3. The van der Waals surface area contributed by atoms with Gasteiger partial charge < -0.3 is 10.1 Å². The molecule has 1 aromatic carbocycles. The SMILES string of the molecule is CNS(=O)CC(NC(=O)OC(C)(C)C)c1cccc(C(F)(F)F)c1. The van der Waals surface area contributed by atoms with E-state index in [1.54, 1.807) is 20.8 Å². The van der Waals surface area contributed by atoms with Crippen LogP contribution in [-0.4, -0.2) is 28.7 Å². The van der Waals surface area contributed by atoms with E-state index in [0.29, 0.717) is 0 Å². The van der Waals surface area contributed by atoms with Gasteiger partial charge in [0.15, 0.2) is 0 Å². The Balaban J connectivity index is 3.06. The van der Waals surface area contributed by atoms with Gasteiger partial charge in [0, 0.05) is 0 Å². The Morgan fingerprint density at radius 1 is 1.29 bits per heavy atom. The van der Waals surface area contributed by atoms with Crippen molar-refractivity contribution in [3.63, 3.8) is 0 Å². The molecule has 1 rings (SSSR count). The van der Waals surface area contributed by atoms with Crippen LogP contribution in [0.25, 0.3) is 0 Å². The third-order valence-electron chi connectivity index (χ3n) is 2.85. The van der Waals surface area contributed by atoms with Crippen LogP contribution in [0.5, 0.6) is 0 Å². The molecule has 0 fully saturated rings. The van der Waals surface area contributed by atoms with Crippen molar-refractivity contribution in [1.82, 2.24) is 10.0 Å². The average molecular weight is 366 g/mol. The summed E-state index contributed by atoms with van der Waals surface area (Å²) in [5, 5.41) is 2.47. The lowest BCUT2D eigenvalue weighted by atomic mass is 10.0. The highest BCUT2D eigenvalue weighted by Crippen LogP contribution is 2.31. The number of ether oxygens (including phenoxy) is 1. The highest BCUT2D eigenvalue weighted by Gasteiger charge is 2.31. The lowest BCUT2D eigenvalue weighted by Crippen LogP contribution is -2.38. The standard InChI is InChI=1S/C15H21F3N2O3S/c1-14(2,3)23-13(21)20-12(9-24(22)19-4)10-6-5-7-11(8-10)15(16,17)18/h5-8,12,19H,9H2,1-4H3,(H,20,21). The molecule has 2 N–H and O–H groups in total. The lowest BCUT2D eigenvalue weighted by molar-refractivity contribution is -0.137. The van der Waals surface area contributed by atoms with Crippen LogP contribution < -0.4 is 10.0 Å². The molecule has 1 aromatic rings. The van der Waals surface area contributed by atoms with Crippen molar-refractivity contribution in [2.75, 3.05) is 12.8 Å². The van der Waals surface area contributed by atoms with E-state index >= 15 is 0 Å². The minimum absolute atomic E-state index is 0.100. The second-order valence-electron chi connectivity index (χ2n) is 6.04. The first kappa shape index (κ1) is 20.4. The molecule has 0 aliphatic rings. The molecule has 0 saturated carbocycles. The smallest absolute Gasteiger partial charge is 0.416 e. The second kappa shape index (κ2) is 7.98. The average Bonchev–Trinajstić information content (AvgIpc) is 2.43. The van der Waals surface area contributed by atoms with Crippen LogP contribution in [-0.2, 0) is 21.9 Å². The van der Waals surface area contributed by atoms with E-state index in [0.717, 1.165) is 12.1 Å². The summed E-state index contributed by atoms with van der Waals surface area (Å²) in [6.07, 6.45) is -5.30. The van der Waals surface area contributed by atoms with Gasteiger partial charge in [-0.25, -0.2) is 13.7 Å². The monoisotopic (exact) mass is 366 g/mol. The highest BCUT2D eigenvalue weighted by atomic mass is 32.2. The number of halogens is 3. The van der Waals surface area contributed by atoms with E-state index in [1.807, 2.05) is 0 Å². The van der Waals surface area contributed by atoms with Crippen molar-refractivity contribution in [1.29, 1.82) is 0 Å². The molecule has 0 saturated heterocycles. The predicted molar refractivity (Wildman–Crippen MR) is 85.6 cm³/mol. The number of benzene rings is 1. The van der Waals surface area contributed by atoms with Crippen LogP contribution in [0.1, 0.15) is 37.9 Å². The Kier molecular flexibility index (Phi) is 6.79. The summed E-state index contributed by atoms with van der Waals surface area (Å²) in [6, 6.07) is 3.64. The maximum atomic E-state index is 12.9. The quantitative estimate of drug-likeness (QED) is 0.841. The number of rotatable bonds is 5. The summed E-state index contributed by atoms with van der Waals surface area (Å²) in [6.45, 7) is 4.99. The number of amides is 1. The van der Waals surface area contributed by atoms with Crippen LogP contribution in [0.15, 0.2) is 24.3 Å². The Hall–Kier alpha value is -1.61. The van der Waals surface area contributed by atoms with Crippen molar-refractivity contribution in [3.8, 4) is 0 Å². The summed E-state index contributed by atoms with van der Waals surface area (Å²) in [4.78, 5) is 11.9. The van der Waals surface area contributed by atoms with Crippen molar-refractivity contribution in [2.24, 2.45) is 0 Å². The van der Waals surface area contributed by atoms with Crippen LogP contribution in [0, 0.1) is 0 Å². The molecule has 0 aliphatic carbocycles. The molecule has 1 amide bonds. The fourth-order valence-electron chi connectivity index (χ4n) is 1.84. The molecule has 0 radical (unpaired) electrons. The fourth-order valence-corrected chi connectivity index (χ4v) is 2.58. The van der Waals surface area contributed by atoms with Gasteiger partial charge in [-0.1, -0.05) is 12.1 Å². The van der Waals surface area contributed by atoms with E-state index in [9.17, 15) is 22.2 Å². The van der Waals surface area contributed by atoms with Gasteiger partial charge in [-0.2, -0.15) is 13.2 Å². The number of nitrogens with one attached hydrogen (secondary N) is 2. The Morgan fingerprint density at radius 3 is 2.42 bits per heavy atom. The molecule has 24 heavy (non-hydrogen) atoms. The maximum absolute atomic E-state index is 12.9. The van der Waals surface area contributed by atoms with E-state index in [1.165, 1.54) is 19.2 Å². The summed E-state index contributed by atoms with van der Waals surface area (Å²) < 4.78 is 57.9. The Labute approximate surface area is 141 Å². The zero-order valence-electron chi connectivity index (χ0n) is 13.9. The van der Waals surface area contributed by atoms with Crippen LogP contribution in [0.2, 0.25) is 0 Å². The van der Waals surface area contributed by atoms with Gasteiger partial charge in [0.05, 0.1) is 28.3 Å². The van der Waals surface area contributed by atoms with Crippen molar-refractivity contribution in [2.45, 2.75) is 38.6 Å². The maximum Gasteiger partial charge on any atom is 0.416 e. The Bertz CT molecular complexity index is 600. The van der Waals surface area contributed by atoms with Crippen molar-refractivity contribution >= 4 is 17.1 Å². The summed E-state index contributed by atoms with van der Waals surface area (Å²) in [7, 11) is -0.0752. The van der Waals surface area contributed by atoms with E-state index in [4.69, 9.17) is 4.74 Å². The molecule has 0 heterocycles.